The molecule has 0 aliphatic heterocycles. The van der Waals surface area contributed by atoms with Crippen molar-refractivity contribution in [2.24, 2.45) is 5.92 Å². The first kappa shape index (κ1) is 13.5. The van der Waals surface area contributed by atoms with Crippen molar-refractivity contribution in [1.82, 2.24) is 4.90 Å². The molecule has 0 aromatic carbocycles. The van der Waals surface area contributed by atoms with Gasteiger partial charge < -0.3 is 4.74 Å². The van der Waals surface area contributed by atoms with Crippen LogP contribution in [0.1, 0.15) is 39.0 Å². The Kier molecular flexibility index (Phi) is 6.44. The first-order chi connectivity index (χ1) is 7.79. The summed E-state index contributed by atoms with van der Waals surface area (Å²) in [6.45, 7) is 4.52. The van der Waals surface area contributed by atoms with Gasteiger partial charge in [-0.15, -0.1) is 0 Å². The van der Waals surface area contributed by atoms with Crippen molar-refractivity contribution in [2.75, 3.05) is 26.8 Å². The quantitative estimate of drug-likeness (QED) is 0.531. The van der Waals surface area contributed by atoms with E-state index in [1.54, 1.807) is 0 Å². The second-order valence-corrected chi connectivity index (χ2v) is 4.62. The van der Waals surface area contributed by atoms with E-state index >= 15 is 0 Å². The molecule has 1 saturated carbocycles. The fourth-order valence-electron chi connectivity index (χ4n) is 2.48. The van der Waals surface area contributed by atoms with Gasteiger partial charge in [0.25, 0.3) is 0 Å². The van der Waals surface area contributed by atoms with Gasteiger partial charge in [0, 0.05) is 19.2 Å². The molecule has 0 spiro atoms. The largest absolute Gasteiger partial charge is 0.380 e. The normalized spacial score (nSPS) is 26.4. The summed E-state index contributed by atoms with van der Waals surface area (Å²) in [6.07, 6.45) is 6.00. The molecule has 0 radical (unpaired) electrons. The van der Waals surface area contributed by atoms with E-state index in [-0.39, 0.29) is 5.92 Å². The van der Waals surface area contributed by atoms with Crippen LogP contribution in [0.25, 0.3) is 0 Å². The first-order valence-electron chi connectivity index (χ1n) is 6.47. The molecule has 3 nitrogen and oxygen atoms in total. The number of nitriles is 1. The van der Waals surface area contributed by atoms with Crippen molar-refractivity contribution < 1.29 is 4.74 Å². The smallest absolute Gasteiger partial charge is 0.0672 e. The highest BCUT2D eigenvalue weighted by molar-refractivity contribution is 4.93. The highest BCUT2D eigenvalue weighted by atomic mass is 16.5. The van der Waals surface area contributed by atoms with Gasteiger partial charge in [0.05, 0.1) is 18.6 Å². The summed E-state index contributed by atoms with van der Waals surface area (Å²) >= 11 is 0. The van der Waals surface area contributed by atoms with Gasteiger partial charge in [-0.05, 0) is 26.8 Å². The Balaban J connectivity index is 2.43. The zero-order valence-electron chi connectivity index (χ0n) is 10.6. The van der Waals surface area contributed by atoms with Gasteiger partial charge in [0.2, 0.25) is 0 Å². The summed E-state index contributed by atoms with van der Waals surface area (Å²) in [4.78, 5) is 2.31. The summed E-state index contributed by atoms with van der Waals surface area (Å²) in [5.41, 5.74) is 0. The predicted octanol–water partition coefficient (Wildman–Crippen LogP) is 2.43. The maximum atomic E-state index is 9.20. The van der Waals surface area contributed by atoms with Crippen LogP contribution < -0.4 is 0 Å². The minimum atomic E-state index is 0.217. The monoisotopic (exact) mass is 224 g/mol. The summed E-state index contributed by atoms with van der Waals surface area (Å²) in [6, 6.07) is 2.92. The Morgan fingerprint density at radius 2 is 2.06 bits per heavy atom. The highest BCUT2D eigenvalue weighted by Crippen LogP contribution is 2.26. The molecule has 3 heteroatoms. The molecule has 1 fully saturated rings. The van der Waals surface area contributed by atoms with Crippen molar-refractivity contribution in [3.8, 4) is 6.07 Å². The standard InChI is InChI=1S/C13H24N2O/c1-3-16-10-9-15(2)13-8-6-4-5-7-12(13)11-14/h12-13H,3-10H2,1-2H3. The minimum absolute atomic E-state index is 0.217. The maximum Gasteiger partial charge on any atom is 0.0672 e. The van der Waals surface area contributed by atoms with Gasteiger partial charge in [-0.2, -0.15) is 5.26 Å². The van der Waals surface area contributed by atoms with Gasteiger partial charge >= 0.3 is 0 Å². The second-order valence-electron chi connectivity index (χ2n) is 4.62. The Hall–Kier alpha value is -0.590. The van der Waals surface area contributed by atoms with Crippen LogP contribution in [-0.2, 0) is 4.74 Å². The van der Waals surface area contributed by atoms with Crippen LogP contribution in [-0.4, -0.2) is 37.7 Å². The minimum Gasteiger partial charge on any atom is -0.380 e. The van der Waals surface area contributed by atoms with Crippen LogP contribution in [0.4, 0.5) is 0 Å². The number of rotatable bonds is 5. The third-order valence-electron chi connectivity index (χ3n) is 3.50. The Labute approximate surface area is 99.4 Å². The van der Waals surface area contributed by atoms with E-state index in [1.165, 1.54) is 25.7 Å². The van der Waals surface area contributed by atoms with Crippen molar-refractivity contribution in [3.63, 3.8) is 0 Å². The molecular formula is C13H24N2O. The fraction of sp³-hybridized carbons (Fsp3) is 0.923. The molecule has 1 aliphatic rings. The average Bonchev–Trinajstić information content (AvgIpc) is 2.54. The van der Waals surface area contributed by atoms with Crippen LogP contribution in [0.15, 0.2) is 0 Å². The number of ether oxygens (including phenoxy) is 1. The van der Waals surface area contributed by atoms with Crippen molar-refractivity contribution >= 4 is 0 Å². The third kappa shape index (κ3) is 4.11. The molecule has 0 saturated heterocycles. The zero-order valence-corrected chi connectivity index (χ0v) is 10.6. The Morgan fingerprint density at radius 3 is 2.75 bits per heavy atom. The highest BCUT2D eigenvalue weighted by Gasteiger charge is 2.26. The van der Waals surface area contributed by atoms with Gasteiger partial charge in [0.1, 0.15) is 0 Å². The zero-order chi connectivity index (χ0) is 11.8. The second kappa shape index (κ2) is 7.65. The molecule has 0 aromatic heterocycles. The SMILES string of the molecule is CCOCCN(C)C1CCCCCC1C#N. The van der Waals surface area contributed by atoms with E-state index in [9.17, 15) is 5.26 Å². The number of nitrogens with zero attached hydrogens (tertiary/aromatic N) is 2. The number of hydrogen-bond acceptors (Lipinski definition) is 3. The number of likely N-dealkylation sites (N-methyl/N-ethyl adjacent to an activating group) is 1. The van der Waals surface area contributed by atoms with Crippen LogP contribution in [0.3, 0.4) is 0 Å². The fourth-order valence-corrected chi connectivity index (χ4v) is 2.48. The molecule has 1 aliphatic carbocycles. The molecule has 0 N–H and O–H groups in total. The molecule has 2 atom stereocenters. The molecular weight excluding hydrogens is 200 g/mol. The van der Waals surface area contributed by atoms with Crippen molar-refractivity contribution in [2.45, 2.75) is 45.1 Å². The summed E-state index contributed by atoms with van der Waals surface area (Å²) in [5.74, 6) is 0.217. The van der Waals surface area contributed by atoms with E-state index in [0.29, 0.717) is 6.04 Å². The molecule has 0 bridgehead atoms. The maximum absolute atomic E-state index is 9.20. The molecule has 0 amide bonds. The van der Waals surface area contributed by atoms with Crippen LogP contribution in [0, 0.1) is 17.2 Å². The first-order valence-corrected chi connectivity index (χ1v) is 6.47. The molecule has 1 rings (SSSR count). The molecule has 0 heterocycles. The summed E-state index contributed by atoms with van der Waals surface area (Å²) in [7, 11) is 2.12. The Bertz CT molecular complexity index is 224. The molecule has 16 heavy (non-hydrogen) atoms. The topological polar surface area (TPSA) is 36.3 Å². The van der Waals surface area contributed by atoms with E-state index < -0.39 is 0 Å². The van der Waals surface area contributed by atoms with E-state index in [4.69, 9.17) is 4.74 Å². The van der Waals surface area contributed by atoms with Gasteiger partial charge in [-0.1, -0.05) is 19.3 Å². The van der Waals surface area contributed by atoms with E-state index in [0.717, 1.165) is 26.2 Å². The summed E-state index contributed by atoms with van der Waals surface area (Å²) in [5, 5.41) is 9.20. The lowest BCUT2D eigenvalue weighted by Crippen LogP contribution is -2.38. The van der Waals surface area contributed by atoms with E-state index in [2.05, 4.69) is 18.0 Å². The van der Waals surface area contributed by atoms with Crippen LogP contribution in [0.2, 0.25) is 0 Å². The predicted molar refractivity (Wildman–Crippen MR) is 65.1 cm³/mol. The molecule has 0 aromatic rings. The van der Waals surface area contributed by atoms with Crippen LogP contribution >= 0.6 is 0 Å². The van der Waals surface area contributed by atoms with Crippen molar-refractivity contribution in [3.05, 3.63) is 0 Å². The van der Waals surface area contributed by atoms with Gasteiger partial charge in [-0.3, -0.25) is 4.90 Å². The lowest BCUT2D eigenvalue weighted by atomic mass is 9.95. The van der Waals surface area contributed by atoms with Crippen LogP contribution in [0.5, 0.6) is 0 Å². The number of hydrogen-bond donors (Lipinski definition) is 0. The van der Waals surface area contributed by atoms with Crippen molar-refractivity contribution in [1.29, 1.82) is 5.26 Å². The molecule has 92 valence electrons. The Morgan fingerprint density at radius 1 is 1.31 bits per heavy atom. The third-order valence-corrected chi connectivity index (χ3v) is 3.50. The lowest BCUT2D eigenvalue weighted by molar-refractivity contribution is 0.0960. The van der Waals surface area contributed by atoms with Gasteiger partial charge in [0.15, 0.2) is 0 Å². The lowest BCUT2D eigenvalue weighted by Gasteiger charge is -2.30. The van der Waals surface area contributed by atoms with E-state index in [1.807, 2.05) is 6.92 Å². The van der Waals surface area contributed by atoms with Gasteiger partial charge in [-0.25, -0.2) is 0 Å². The summed E-state index contributed by atoms with van der Waals surface area (Å²) < 4.78 is 5.37. The molecule has 2 unspecified atom stereocenters. The average molecular weight is 224 g/mol.